The molecule has 232 valence electrons. The Morgan fingerprint density at radius 2 is 1.51 bits per heavy atom. The number of hydrogen-bond acceptors (Lipinski definition) is 6. The molecule has 0 spiro atoms. The number of fused-ring (bicyclic) bond motifs is 1. The molecule has 0 aliphatic carbocycles. The van der Waals surface area contributed by atoms with Gasteiger partial charge in [0.15, 0.2) is 0 Å². The summed E-state index contributed by atoms with van der Waals surface area (Å²) in [5, 5.41) is 25.2. The Morgan fingerprint density at radius 3 is 2.20 bits per heavy atom. The minimum atomic E-state index is -0.321. The topological polar surface area (TPSA) is 93.9 Å². The van der Waals surface area contributed by atoms with Crippen LogP contribution in [0.25, 0.3) is 22.0 Å². The fourth-order valence-electron chi connectivity index (χ4n) is 6.33. The molecule has 1 saturated heterocycles. The highest BCUT2D eigenvalue weighted by Crippen LogP contribution is 2.39. The van der Waals surface area contributed by atoms with Gasteiger partial charge in [-0.15, -0.1) is 0 Å². The van der Waals surface area contributed by atoms with Gasteiger partial charge in [0.05, 0.1) is 5.56 Å². The highest BCUT2D eigenvalue weighted by molar-refractivity contribution is 6.04. The lowest BCUT2D eigenvalue weighted by Gasteiger charge is -2.32. The number of piperazine rings is 1. The van der Waals surface area contributed by atoms with E-state index in [2.05, 4.69) is 63.8 Å². The summed E-state index contributed by atoms with van der Waals surface area (Å²) in [5.74, 6) is -0.580. The van der Waals surface area contributed by atoms with Crippen molar-refractivity contribution in [3.8, 4) is 22.6 Å². The number of likely N-dealkylation sites (N-methyl/N-ethyl adjacent to an activating group) is 1. The quantitative estimate of drug-likeness (QED) is 0.186. The fourth-order valence-corrected chi connectivity index (χ4v) is 6.33. The summed E-state index contributed by atoms with van der Waals surface area (Å²) in [6.45, 7) is 11.2. The fraction of sp³-hybridized carbons (Fsp3) is 0.297. The van der Waals surface area contributed by atoms with E-state index in [4.69, 9.17) is 0 Å². The third kappa shape index (κ3) is 6.72. The lowest BCUT2D eigenvalue weighted by molar-refractivity contribution is 0.102. The van der Waals surface area contributed by atoms with Crippen molar-refractivity contribution in [3.05, 3.63) is 107 Å². The number of aromatic hydroxyl groups is 2. The summed E-state index contributed by atoms with van der Waals surface area (Å²) >= 11 is 0. The van der Waals surface area contributed by atoms with E-state index in [0.29, 0.717) is 22.4 Å². The number of carbonyl (C=O) groups is 1. The second kappa shape index (κ2) is 13.1. The van der Waals surface area contributed by atoms with E-state index in [1.165, 1.54) is 39.9 Å². The lowest BCUT2D eigenvalue weighted by atomic mass is 10.0. The SMILES string of the molecule is Cc1c(C)n(CCCN2CCN(C)CC2)c2ccc(Cc3ccc(C(=O)Nc4cc(O)c(-c5ccncc5)c(O)c4)cc3)cc12. The molecule has 1 amide bonds. The molecule has 3 heterocycles. The van der Waals surface area contributed by atoms with Crippen molar-refractivity contribution in [1.82, 2.24) is 19.4 Å². The lowest BCUT2D eigenvalue weighted by Crippen LogP contribution is -2.44. The molecule has 0 radical (unpaired) electrons. The number of benzene rings is 3. The number of aromatic nitrogens is 2. The molecule has 6 rings (SSSR count). The zero-order valence-corrected chi connectivity index (χ0v) is 26.3. The molecular weight excluding hydrogens is 562 g/mol. The van der Waals surface area contributed by atoms with Gasteiger partial charge in [-0.3, -0.25) is 9.78 Å². The van der Waals surface area contributed by atoms with Crippen LogP contribution in [0.4, 0.5) is 5.69 Å². The monoisotopic (exact) mass is 603 g/mol. The number of hydrogen-bond donors (Lipinski definition) is 3. The van der Waals surface area contributed by atoms with Crippen molar-refractivity contribution in [1.29, 1.82) is 0 Å². The minimum Gasteiger partial charge on any atom is -0.507 e. The molecule has 45 heavy (non-hydrogen) atoms. The van der Waals surface area contributed by atoms with E-state index < -0.39 is 0 Å². The number of carbonyl (C=O) groups excluding carboxylic acids is 1. The van der Waals surface area contributed by atoms with Gasteiger partial charge >= 0.3 is 0 Å². The number of rotatable bonds is 9. The molecule has 0 saturated carbocycles. The van der Waals surface area contributed by atoms with Crippen molar-refractivity contribution in [2.24, 2.45) is 0 Å². The van der Waals surface area contributed by atoms with Crippen molar-refractivity contribution in [2.75, 3.05) is 45.1 Å². The van der Waals surface area contributed by atoms with Gasteiger partial charge in [-0.2, -0.15) is 0 Å². The number of aryl methyl sites for hydroxylation is 2. The standard InChI is InChI=1S/C37H41N5O3/c1-25-26(2)42(16-4-15-41-19-17-40(3)18-20-41)33-10-7-28(22-32(25)33)21-27-5-8-30(9-6-27)37(45)39-31-23-34(43)36(35(44)24-31)29-11-13-38-14-12-29/h5-14,22-24,43-44H,4,15-21H2,1-3H3,(H,39,45). The van der Waals surface area contributed by atoms with Crippen LogP contribution in [0.15, 0.2) is 79.1 Å². The maximum Gasteiger partial charge on any atom is 0.255 e. The maximum absolute atomic E-state index is 13.0. The molecule has 0 bridgehead atoms. The molecule has 5 aromatic rings. The number of phenolic OH excluding ortho intramolecular Hbond substituents is 2. The number of pyridine rings is 1. The smallest absolute Gasteiger partial charge is 0.255 e. The van der Waals surface area contributed by atoms with Gasteiger partial charge < -0.3 is 29.9 Å². The number of anilines is 1. The van der Waals surface area contributed by atoms with Crippen molar-refractivity contribution < 1.29 is 15.0 Å². The van der Waals surface area contributed by atoms with Gasteiger partial charge in [-0.05, 0) is 98.9 Å². The molecule has 2 aromatic heterocycles. The molecule has 3 aromatic carbocycles. The van der Waals surface area contributed by atoms with Gasteiger partial charge in [0.25, 0.3) is 5.91 Å². The van der Waals surface area contributed by atoms with E-state index in [9.17, 15) is 15.0 Å². The van der Waals surface area contributed by atoms with Crippen LogP contribution in [0.2, 0.25) is 0 Å². The van der Waals surface area contributed by atoms with Crippen LogP contribution in [-0.4, -0.2) is 75.2 Å². The van der Waals surface area contributed by atoms with Crippen LogP contribution < -0.4 is 5.32 Å². The maximum atomic E-state index is 13.0. The third-order valence-electron chi connectivity index (χ3n) is 9.10. The number of phenols is 2. The Balaban J connectivity index is 1.09. The van der Waals surface area contributed by atoms with Crippen LogP contribution in [0.3, 0.4) is 0 Å². The Morgan fingerprint density at radius 1 is 0.844 bits per heavy atom. The van der Waals surface area contributed by atoms with Crippen LogP contribution in [0, 0.1) is 13.8 Å². The summed E-state index contributed by atoms with van der Waals surface area (Å²) in [6.07, 6.45) is 5.09. The normalized spacial score (nSPS) is 14.2. The molecular formula is C37H41N5O3. The second-order valence-corrected chi connectivity index (χ2v) is 12.2. The van der Waals surface area contributed by atoms with Crippen molar-refractivity contribution >= 4 is 22.5 Å². The van der Waals surface area contributed by atoms with Crippen LogP contribution in [0.1, 0.15) is 39.2 Å². The van der Waals surface area contributed by atoms with Crippen LogP contribution in [0.5, 0.6) is 11.5 Å². The second-order valence-electron chi connectivity index (χ2n) is 12.2. The van der Waals surface area contributed by atoms with E-state index in [1.807, 2.05) is 12.1 Å². The molecule has 8 nitrogen and oxygen atoms in total. The summed E-state index contributed by atoms with van der Waals surface area (Å²) < 4.78 is 2.48. The first-order chi connectivity index (χ1) is 21.8. The van der Waals surface area contributed by atoms with Gasteiger partial charge in [-0.1, -0.05) is 18.2 Å². The average molecular weight is 604 g/mol. The highest BCUT2D eigenvalue weighted by Gasteiger charge is 2.17. The van der Waals surface area contributed by atoms with Crippen molar-refractivity contribution in [2.45, 2.75) is 33.2 Å². The third-order valence-corrected chi connectivity index (χ3v) is 9.10. The molecule has 3 N–H and O–H groups in total. The van der Waals surface area contributed by atoms with Gasteiger partial charge in [0.1, 0.15) is 11.5 Å². The molecule has 0 unspecified atom stereocenters. The summed E-state index contributed by atoms with van der Waals surface area (Å²) in [7, 11) is 2.20. The molecule has 1 aliphatic rings. The number of nitrogens with zero attached hydrogens (tertiary/aromatic N) is 4. The highest BCUT2D eigenvalue weighted by atomic mass is 16.3. The Kier molecular flexibility index (Phi) is 8.87. The predicted octanol–water partition coefficient (Wildman–Crippen LogP) is 6.21. The van der Waals surface area contributed by atoms with E-state index in [1.54, 1.807) is 36.7 Å². The van der Waals surface area contributed by atoms with E-state index in [-0.39, 0.29) is 17.4 Å². The Bertz CT molecular complexity index is 1780. The van der Waals surface area contributed by atoms with Gasteiger partial charge in [0, 0.05) is 85.1 Å². The summed E-state index contributed by atoms with van der Waals surface area (Å²) in [6, 6.07) is 20.6. The molecule has 1 aliphatic heterocycles. The van der Waals surface area contributed by atoms with Crippen molar-refractivity contribution in [3.63, 3.8) is 0 Å². The molecule has 1 fully saturated rings. The average Bonchev–Trinajstić information content (AvgIpc) is 3.27. The largest absolute Gasteiger partial charge is 0.507 e. The Labute approximate surface area is 264 Å². The minimum absolute atomic E-state index is 0.129. The van der Waals surface area contributed by atoms with Crippen LogP contribution >= 0.6 is 0 Å². The molecule has 8 heteroatoms. The van der Waals surface area contributed by atoms with Gasteiger partial charge in [0.2, 0.25) is 0 Å². The number of amides is 1. The first-order valence-corrected chi connectivity index (χ1v) is 15.6. The summed E-state index contributed by atoms with van der Waals surface area (Å²) in [4.78, 5) is 21.9. The number of nitrogens with one attached hydrogen (secondary N) is 1. The first-order valence-electron chi connectivity index (χ1n) is 15.6. The molecule has 0 atom stereocenters. The zero-order valence-electron chi connectivity index (χ0n) is 26.3. The first kappa shape index (κ1) is 30.4. The van der Waals surface area contributed by atoms with Gasteiger partial charge in [-0.25, -0.2) is 0 Å². The Hall–Kier alpha value is -4.66. The van der Waals surface area contributed by atoms with E-state index >= 15 is 0 Å². The van der Waals surface area contributed by atoms with E-state index in [0.717, 1.165) is 57.7 Å². The predicted molar refractivity (Wildman–Crippen MR) is 180 cm³/mol. The zero-order chi connectivity index (χ0) is 31.5. The summed E-state index contributed by atoms with van der Waals surface area (Å²) in [5.41, 5.74) is 8.04. The van der Waals surface area contributed by atoms with Crippen LogP contribution in [-0.2, 0) is 13.0 Å².